The Labute approximate surface area is 97.1 Å². The lowest BCUT2D eigenvalue weighted by Crippen LogP contribution is -2.46. The van der Waals surface area contributed by atoms with Crippen LogP contribution in [0.5, 0.6) is 0 Å². The maximum absolute atomic E-state index is 11.8. The average Bonchev–Trinajstić information content (AvgIpc) is 2.73. The van der Waals surface area contributed by atoms with E-state index in [1.165, 1.54) is 11.8 Å². The van der Waals surface area contributed by atoms with Gasteiger partial charge < -0.3 is 10.0 Å². The zero-order valence-electron chi connectivity index (χ0n) is 9.33. The number of likely N-dealkylation sites (tertiary alicyclic amines) is 1. The molecule has 1 unspecified atom stereocenters. The smallest absolute Gasteiger partial charge is 0.325 e. The minimum absolute atomic E-state index is 0.276. The monoisotopic (exact) mass is 243 g/mol. The van der Waals surface area contributed by atoms with E-state index < -0.39 is 24.5 Å². The molecule has 1 aliphatic heterocycles. The van der Waals surface area contributed by atoms with E-state index in [-0.39, 0.29) is 5.91 Å². The molecule has 17 heavy (non-hydrogen) atoms. The first-order valence-electron chi connectivity index (χ1n) is 5.11. The van der Waals surface area contributed by atoms with Crippen LogP contribution in [0.4, 0.5) is 0 Å². The minimum Gasteiger partial charge on any atom is -0.480 e. The fourth-order valence-electron chi connectivity index (χ4n) is 1.85. The molecule has 0 aliphatic carbocycles. The summed E-state index contributed by atoms with van der Waals surface area (Å²) < 4.78 is 0. The summed E-state index contributed by atoms with van der Waals surface area (Å²) in [5.41, 5.74) is 0. The number of hydrogen-bond donors (Lipinski definition) is 1. The molecule has 0 aromatic rings. The second-order valence-electron chi connectivity index (χ2n) is 3.74. The lowest BCUT2D eigenvalue weighted by Gasteiger charge is -2.24. The number of carboxylic acids is 1. The maximum atomic E-state index is 11.8. The molecule has 1 N–H and O–H groups in total. The highest BCUT2D eigenvalue weighted by atomic mass is 16.4. The lowest BCUT2D eigenvalue weighted by molar-refractivity contribution is -0.148. The molecule has 0 radical (unpaired) electrons. The molecule has 1 heterocycles. The van der Waals surface area contributed by atoms with E-state index in [9.17, 15) is 19.3 Å². The molecule has 0 aromatic carbocycles. The molecule has 1 atom stereocenters. The van der Waals surface area contributed by atoms with Gasteiger partial charge in [0.2, 0.25) is 5.91 Å². The maximum Gasteiger partial charge on any atom is 0.325 e. The van der Waals surface area contributed by atoms with Crippen molar-refractivity contribution < 1.29 is 19.5 Å². The van der Waals surface area contributed by atoms with Crippen LogP contribution in [0.2, 0.25) is 0 Å². The highest BCUT2D eigenvalue weighted by molar-refractivity contribution is 5.89. The van der Waals surface area contributed by atoms with Crippen molar-refractivity contribution in [3.05, 3.63) is 4.91 Å². The predicted molar refractivity (Wildman–Crippen MR) is 55.6 cm³/mol. The predicted octanol–water partition coefficient (Wildman–Crippen LogP) is -0.408. The van der Waals surface area contributed by atoms with Crippen LogP contribution in [0.1, 0.15) is 19.8 Å². The SMILES string of the molecule is CC(=O)N1CCCC1C(=O)N(CC(=O)O)N=O. The van der Waals surface area contributed by atoms with Crippen LogP contribution in [0.15, 0.2) is 5.29 Å². The molecule has 0 aromatic heterocycles. The number of rotatable bonds is 4. The Hall–Kier alpha value is -1.99. The third kappa shape index (κ3) is 2.99. The van der Waals surface area contributed by atoms with E-state index in [0.717, 1.165) is 0 Å². The lowest BCUT2D eigenvalue weighted by atomic mass is 10.2. The van der Waals surface area contributed by atoms with Crippen molar-refractivity contribution >= 4 is 17.8 Å². The van der Waals surface area contributed by atoms with Crippen LogP contribution in [0.25, 0.3) is 0 Å². The standard InChI is InChI=1S/C9H13N3O5/c1-6(13)11-4-2-3-7(11)9(16)12(10-17)5-8(14)15/h7H,2-5H2,1H3,(H,14,15). The summed E-state index contributed by atoms with van der Waals surface area (Å²) in [5, 5.41) is 11.2. The fraction of sp³-hybridized carbons (Fsp3) is 0.667. The van der Waals surface area contributed by atoms with Crippen molar-refractivity contribution in [2.45, 2.75) is 25.8 Å². The number of amides is 2. The van der Waals surface area contributed by atoms with Gasteiger partial charge in [-0.15, -0.1) is 4.91 Å². The van der Waals surface area contributed by atoms with Gasteiger partial charge in [0.15, 0.2) is 0 Å². The van der Waals surface area contributed by atoms with Crippen LogP contribution in [0.3, 0.4) is 0 Å². The largest absolute Gasteiger partial charge is 0.480 e. The van der Waals surface area contributed by atoms with Crippen molar-refractivity contribution in [2.75, 3.05) is 13.1 Å². The Bertz CT molecular complexity index is 357. The zero-order chi connectivity index (χ0) is 13.0. The summed E-state index contributed by atoms with van der Waals surface area (Å²) in [6, 6.07) is -0.774. The molecule has 1 saturated heterocycles. The Morgan fingerprint density at radius 3 is 2.59 bits per heavy atom. The van der Waals surface area contributed by atoms with Crippen molar-refractivity contribution in [1.29, 1.82) is 0 Å². The number of carbonyl (C=O) groups excluding carboxylic acids is 2. The van der Waals surface area contributed by atoms with Gasteiger partial charge in [0.1, 0.15) is 12.6 Å². The van der Waals surface area contributed by atoms with Gasteiger partial charge in [0, 0.05) is 13.5 Å². The zero-order valence-corrected chi connectivity index (χ0v) is 9.33. The van der Waals surface area contributed by atoms with Gasteiger partial charge in [0.05, 0.1) is 5.29 Å². The molecule has 0 saturated carbocycles. The summed E-state index contributed by atoms with van der Waals surface area (Å²) in [6.07, 6.45) is 1.07. The fourth-order valence-corrected chi connectivity index (χ4v) is 1.85. The second kappa shape index (κ2) is 5.37. The van der Waals surface area contributed by atoms with E-state index in [1.807, 2.05) is 0 Å². The topological polar surface area (TPSA) is 107 Å². The van der Waals surface area contributed by atoms with Crippen molar-refractivity contribution in [1.82, 2.24) is 9.91 Å². The molecule has 1 aliphatic rings. The summed E-state index contributed by atoms with van der Waals surface area (Å²) in [6.45, 7) is 0.970. The molecule has 8 heteroatoms. The second-order valence-corrected chi connectivity index (χ2v) is 3.74. The van der Waals surface area contributed by atoms with Gasteiger partial charge in [-0.25, -0.2) is 0 Å². The van der Waals surface area contributed by atoms with Gasteiger partial charge in [-0.1, -0.05) is 0 Å². The molecule has 2 amide bonds. The summed E-state index contributed by atoms with van der Waals surface area (Å²) >= 11 is 0. The van der Waals surface area contributed by atoms with E-state index in [4.69, 9.17) is 5.11 Å². The molecule has 1 fully saturated rings. The third-order valence-electron chi connectivity index (χ3n) is 2.58. The number of hydrogen-bond acceptors (Lipinski definition) is 5. The molecule has 8 nitrogen and oxygen atoms in total. The van der Waals surface area contributed by atoms with E-state index in [2.05, 4.69) is 5.29 Å². The molecule has 1 rings (SSSR count). The van der Waals surface area contributed by atoms with E-state index in [0.29, 0.717) is 24.4 Å². The number of carboxylic acid groups (broad SMARTS) is 1. The highest BCUT2D eigenvalue weighted by Gasteiger charge is 2.36. The minimum atomic E-state index is -1.33. The van der Waals surface area contributed by atoms with Gasteiger partial charge in [-0.3, -0.25) is 14.4 Å². The number of nitrogens with zero attached hydrogens (tertiary/aromatic N) is 3. The van der Waals surface area contributed by atoms with Crippen LogP contribution < -0.4 is 0 Å². The summed E-state index contributed by atoms with van der Waals surface area (Å²) in [4.78, 5) is 45.2. The highest BCUT2D eigenvalue weighted by Crippen LogP contribution is 2.19. The normalized spacial score (nSPS) is 18.9. The quantitative estimate of drug-likeness (QED) is 0.533. The first-order valence-corrected chi connectivity index (χ1v) is 5.11. The Balaban J connectivity index is 2.76. The number of carbonyl (C=O) groups is 3. The first kappa shape index (κ1) is 13.1. The molecule has 0 bridgehead atoms. The average molecular weight is 243 g/mol. The van der Waals surface area contributed by atoms with E-state index in [1.54, 1.807) is 0 Å². The first-order chi connectivity index (χ1) is 7.97. The van der Waals surface area contributed by atoms with Gasteiger partial charge in [0.25, 0.3) is 5.91 Å². The van der Waals surface area contributed by atoms with Gasteiger partial charge in [-0.2, -0.15) is 5.01 Å². The van der Waals surface area contributed by atoms with Crippen LogP contribution >= 0.6 is 0 Å². The summed E-state index contributed by atoms with van der Waals surface area (Å²) in [5.74, 6) is -2.34. The molecular formula is C9H13N3O5. The molecular weight excluding hydrogens is 230 g/mol. The Morgan fingerprint density at radius 2 is 2.12 bits per heavy atom. The molecule has 0 spiro atoms. The van der Waals surface area contributed by atoms with E-state index >= 15 is 0 Å². The van der Waals surface area contributed by atoms with Crippen LogP contribution in [0, 0.1) is 4.91 Å². The number of aliphatic carboxylic acids is 1. The van der Waals surface area contributed by atoms with Crippen molar-refractivity contribution in [3.8, 4) is 0 Å². The van der Waals surface area contributed by atoms with Crippen molar-refractivity contribution in [3.63, 3.8) is 0 Å². The van der Waals surface area contributed by atoms with Crippen molar-refractivity contribution in [2.24, 2.45) is 5.29 Å². The third-order valence-corrected chi connectivity index (χ3v) is 2.58. The molecule has 94 valence electrons. The van der Waals surface area contributed by atoms with Crippen LogP contribution in [-0.2, 0) is 14.4 Å². The number of nitroso groups, excluding NO2 is 1. The van der Waals surface area contributed by atoms with Crippen LogP contribution in [-0.4, -0.2) is 51.9 Å². The Morgan fingerprint density at radius 1 is 1.47 bits per heavy atom. The Kier molecular flexibility index (Phi) is 4.13. The summed E-state index contributed by atoms with van der Waals surface area (Å²) in [7, 11) is 0. The van der Waals surface area contributed by atoms with Gasteiger partial charge in [-0.05, 0) is 12.8 Å². The van der Waals surface area contributed by atoms with Gasteiger partial charge >= 0.3 is 5.97 Å².